The number of nitrogens with one attached hydrogen (secondary N) is 1. The third-order valence-corrected chi connectivity index (χ3v) is 0.974. The van der Waals surface area contributed by atoms with E-state index in [1.54, 1.807) is 0 Å². The normalized spacial score (nSPS) is 16.9. The molecule has 1 nitrogen and oxygen atoms in total. The fourth-order valence-electron chi connectivity index (χ4n) is 0.546. The molecule has 1 heteroatoms. The molecule has 0 saturated heterocycles. The Bertz CT molecular complexity index is 154. The lowest BCUT2D eigenvalue weighted by molar-refractivity contribution is 1.18. The molecule has 0 bridgehead atoms. The van der Waals surface area contributed by atoms with E-state index in [1.165, 1.54) is 5.57 Å². The van der Waals surface area contributed by atoms with Crippen molar-refractivity contribution in [2.24, 2.45) is 0 Å². The van der Waals surface area contributed by atoms with E-state index in [0.29, 0.717) is 0 Å². The van der Waals surface area contributed by atoms with Crippen LogP contribution >= 0.6 is 0 Å². The average Bonchev–Trinajstić information content (AvgIpc) is 1.94. The second-order valence-electron chi connectivity index (χ2n) is 1.77. The van der Waals surface area contributed by atoms with Crippen molar-refractivity contribution >= 4 is 0 Å². The predicted molar refractivity (Wildman–Crippen MR) is 36.3 cm³/mol. The Balaban J connectivity index is 0.000000640. The molecule has 1 N–H and O–H groups in total. The smallest absolute Gasteiger partial charge is 0.367 e. The van der Waals surface area contributed by atoms with Gasteiger partial charge in [-0.15, -0.1) is 0 Å². The van der Waals surface area contributed by atoms with Gasteiger partial charge in [0.15, 0.2) is 0 Å². The Morgan fingerprint density at radius 1 is 1.50 bits per heavy atom. The van der Waals surface area contributed by atoms with E-state index in [9.17, 15) is 0 Å². The quantitative estimate of drug-likeness (QED) is 0.497. The standard InChI is InChI=1S/C7H9N/c1-7-4-2-3-5-8-6-7/h2-6,8H,1H3/p+1. The van der Waals surface area contributed by atoms with Crippen LogP contribution in [-0.4, -0.2) is 0 Å². The van der Waals surface area contributed by atoms with Crippen LogP contribution in [0.5, 0.6) is 0 Å². The Morgan fingerprint density at radius 3 is 3.25 bits per heavy atom. The van der Waals surface area contributed by atoms with E-state index >= 15 is 0 Å². The summed E-state index contributed by atoms with van der Waals surface area (Å²) in [5.41, 5.74) is 1.25. The highest BCUT2D eigenvalue weighted by atomic mass is 14.8. The van der Waals surface area contributed by atoms with Gasteiger partial charge in [-0.2, -0.15) is 0 Å². The number of rotatable bonds is 0. The molecule has 1 heterocycles. The lowest BCUT2D eigenvalue weighted by atomic mass is 10.3. The molecule has 8 heavy (non-hydrogen) atoms. The van der Waals surface area contributed by atoms with Crippen molar-refractivity contribution in [3.05, 3.63) is 36.2 Å². The summed E-state index contributed by atoms with van der Waals surface area (Å²) >= 11 is 0. The van der Waals surface area contributed by atoms with Gasteiger partial charge in [0.05, 0.1) is 0 Å². The summed E-state index contributed by atoms with van der Waals surface area (Å²) in [7, 11) is 0. The van der Waals surface area contributed by atoms with Gasteiger partial charge in [0.25, 0.3) is 0 Å². The maximum atomic E-state index is 2.99. The zero-order valence-electron chi connectivity index (χ0n) is 5.89. The Kier molecular flexibility index (Phi) is 1.52. The summed E-state index contributed by atoms with van der Waals surface area (Å²) in [5.74, 6) is 0. The molecule has 0 fully saturated rings. The van der Waals surface area contributed by atoms with Crippen LogP contribution in [0.3, 0.4) is 0 Å². The van der Waals surface area contributed by atoms with Gasteiger partial charge in [0.2, 0.25) is 0 Å². The van der Waals surface area contributed by atoms with Gasteiger partial charge in [-0.3, -0.25) is 0 Å². The molecule has 1 rings (SSSR count). The minimum atomic E-state index is 0. The Labute approximate surface area is 50.9 Å². The molecule has 0 aliphatic carbocycles. The van der Waals surface area contributed by atoms with Crippen molar-refractivity contribution in [1.82, 2.24) is 5.32 Å². The van der Waals surface area contributed by atoms with Gasteiger partial charge < -0.3 is 5.32 Å². The third kappa shape index (κ3) is 1.26. The van der Waals surface area contributed by atoms with Crippen molar-refractivity contribution in [1.29, 1.82) is 0 Å². The van der Waals surface area contributed by atoms with Crippen molar-refractivity contribution in [2.45, 2.75) is 6.92 Å². The molecule has 0 atom stereocenters. The first-order chi connectivity index (χ1) is 3.89. The first-order valence-electron chi connectivity index (χ1n) is 2.65. The summed E-state index contributed by atoms with van der Waals surface area (Å²) in [6.45, 7) is 2.05. The summed E-state index contributed by atoms with van der Waals surface area (Å²) < 4.78 is 0. The molecular weight excluding hydrogens is 98.1 g/mol. The summed E-state index contributed by atoms with van der Waals surface area (Å²) in [5, 5.41) is 2.99. The highest BCUT2D eigenvalue weighted by Crippen LogP contribution is 1.94. The van der Waals surface area contributed by atoms with Crippen molar-refractivity contribution < 1.29 is 1.43 Å². The Hall–Kier alpha value is -0.980. The number of hydrogen-bond donors (Lipinski definition) is 1. The average molecular weight is 108 g/mol. The SMILES string of the molecule is CC1=CNC=CC=C1.[H+]. The van der Waals surface area contributed by atoms with E-state index in [0.717, 1.165) is 0 Å². The van der Waals surface area contributed by atoms with Crippen LogP contribution in [0.25, 0.3) is 0 Å². The molecule has 42 valence electrons. The highest BCUT2D eigenvalue weighted by Gasteiger charge is 1.79. The molecule has 0 radical (unpaired) electrons. The first kappa shape index (κ1) is 5.16. The molecule has 1 aliphatic heterocycles. The van der Waals surface area contributed by atoms with E-state index in [1.807, 2.05) is 24.6 Å². The molecule has 0 aromatic rings. The second kappa shape index (κ2) is 2.36. The van der Waals surface area contributed by atoms with Gasteiger partial charge in [-0.05, 0) is 18.6 Å². The summed E-state index contributed by atoms with van der Waals surface area (Å²) in [6, 6.07) is 0. The largest absolute Gasteiger partial charge is 1.00 e. The topological polar surface area (TPSA) is 12.0 Å². The molecule has 0 aromatic heterocycles. The molecule has 1 aliphatic rings. The van der Waals surface area contributed by atoms with Crippen molar-refractivity contribution in [2.75, 3.05) is 0 Å². The van der Waals surface area contributed by atoms with E-state index in [4.69, 9.17) is 0 Å². The molecule has 0 amide bonds. The van der Waals surface area contributed by atoms with E-state index in [2.05, 4.69) is 18.3 Å². The fraction of sp³-hybridized carbons (Fsp3) is 0.143. The van der Waals surface area contributed by atoms with Crippen LogP contribution in [-0.2, 0) is 0 Å². The number of hydrogen-bond acceptors (Lipinski definition) is 1. The van der Waals surface area contributed by atoms with Gasteiger partial charge in [-0.25, -0.2) is 0 Å². The minimum absolute atomic E-state index is 0. The summed E-state index contributed by atoms with van der Waals surface area (Å²) in [6.07, 6.45) is 9.88. The first-order valence-corrected chi connectivity index (χ1v) is 2.65. The van der Waals surface area contributed by atoms with E-state index < -0.39 is 0 Å². The van der Waals surface area contributed by atoms with Crippen LogP contribution in [0.15, 0.2) is 36.2 Å². The molecule has 0 saturated carbocycles. The van der Waals surface area contributed by atoms with Gasteiger partial charge in [-0.1, -0.05) is 12.2 Å². The highest BCUT2D eigenvalue weighted by molar-refractivity contribution is 5.22. The van der Waals surface area contributed by atoms with Gasteiger partial charge >= 0.3 is 1.43 Å². The van der Waals surface area contributed by atoms with Crippen molar-refractivity contribution in [3.63, 3.8) is 0 Å². The minimum Gasteiger partial charge on any atom is -0.367 e. The molecule has 0 aromatic carbocycles. The van der Waals surface area contributed by atoms with Gasteiger partial charge in [0.1, 0.15) is 0 Å². The van der Waals surface area contributed by atoms with Crippen LogP contribution in [0, 0.1) is 0 Å². The maximum Gasteiger partial charge on any atom is 1.00 e. The lowest BCUT2D eigenvalue weighted by Gasteiger charge is -1.86. The summed E-state index contributed by atoms with van der Waals surface area (Å²) in [4.78, 5) is 0. The van der Waals surface area contributed by atoms with Crippen LogP contribution in [0.1, 0.15) is 8.35 Å². The van der Waals surface area contributed by atoms with Crippen LogP contribution in [0.2, 0.25) is 0 Å². The lowest BCUT2D eigenvalue weighted by Crippen LogP contribution is -1.90. The van der Waals surface area contributed by atoms with Crippen LogP contribution < -0.4 is 5.32 Å². The maximum absolute atomic E-state index is 2.99. The molecule has 0 spiro atoms. The zero-order chi connectivity index (χ0) is 5.82. The molecule has 0 unspecified atom stereocenters. The van der Waals surface area contributed by atoms with Gasteiger partial charge in [0, 0.05) is 12.4 Å². The Morgan fingerprint density at radius 2 is 2.38 bits per heavy atom. The fourth-order valence-corrected chi connectivity index (χ4v) is 0.546. The molecular formula is C7H10N+. The zero-order valence-corrected chi connectivity index (χ0v) is 4.89. The van der Waals surface area contributed by atoms with Crippen LogP contribution in [0.4, 0.5) is 0 Å². The third-order valence-electron chi connectivity index (χ3n) is 0.974. The predicted octanol–water partition coefficient (Wildman–Crippen LogP) is 1.68. The number of allylic oxidation sites excluding steroid dienone is 4. The van der Waals surface area contributed by atoms with Crippen molar-refractivity contribution in [3.8, 4) is 0 Å². The second-order valence-corrected chi connectivity index (χ2v) is 1.77. The monoisotopic (exact) mass is 108 g/mol. The van der Waals surface area contributed by atoms with E-state index in [-0.39, 0.29) is 1.43 Å².